The molecule has 16 heteroatoms. The number of hydrogen-bond acceptors (Lipinski definition) is 13. The van der Waals surface area contributed by atoms with Crippen molar-refractivity contribution in [3.05, 3.63) is 101 Å². The summed E-state index contributed by atoms with van der Waals surface area (Å²) in [6, 6.07) is 23.3. The van der Waals surface area contributed by atoms with E-state index in [1.54, 1.807) is 29.5 Å². The van der Waals surface area contributed by atoms with E-state index in [2.05, 4.69) is 59.9 Å². The first kappa shape index (κ1) is 44.0. The molecule has 0 saturated carbocycles. The van der Waals surface area contributed by atoms with Crippen molar-refractivity contribution < 1.29 is 24.6 Å². The van der Waals surface area contributed by atoms with E-state index in [4.69, 9.17) is 5.73 Å². The molecule has 5 aromatic rings. The number of piperazine rings is 1. The van der Waals surface area contributed by atoms with Crippen LogP contribution in [0.15, 0.2) is 84.4 Å². The van der Waals surface area contributed by atoms with E-state index < -0.39 is 29.5 Å². The zero-order valence-electron chi connectivity index (χ0n) is 35.9. The molecule has 0 spiro atoms. The number of β-amino-alcohol motifs (C(OH)–C–C–N with tert-alkyl or cyclic N) is 1. The summed E-state index contributed by atoms with van der Waals surface area (Å²) in [6.45, 7) is 11.4. The van der Waals surface area contributed by atoms with E-state index in [0.717, 1.165) is 64.8 Å². The summed E-state index contributed by atoms with van der Waals surface area (Å²) >= 11 is 1.58. The number of likely N-dealkylation sites (N-methyl/N-ethyl adjacent to an activating group) is 1. The maximum atomic E-state index is 14.1. The summed E-state index contributed by atoms with van der Waals surface area (Å²) in [7, 11) is 1.86. The molecule has 0 bridgehead atoms. The molecule has 2 aliphatic heterocycles. The van der Waals surface area contributed by atoms with Gasteiger partial charge in [-0.15, -0.1) is 21.5 Å². The van der Waals surface area contributed by atoms with Crippen molar-refractivity contribution in [2.24, 2.45) is 5.41 Å². The van der Waals surface area contributed by atoms with Gasteiger partial charge in [-0.05, 0) is 66.4 Å². The van der Waals surface area contributed by atoms with E-state index in [9.17, 15) is 24.6 Å². The molecule has 3 amide bonds. The molecule has 2 aliphatic rings. The van der Waals surface area contributed by atoms with Crippen LogP contribution >= 0.6 is 11.3 Å². The second-order valence-electron chi connectivity index (χ2n) is 17.3. The number of aliphatic hydroxyl groups excluding tert-OH is 1. The highest BCUT2D eigenvalue weighted by Crippen LogP contribution is 2.33. The maximum Gasteiger partial charge on any atom is 0.246 e. The number of carbonyl (C=O) groups is 3. The third kappa shape index (κ3) is 10.3. The number of likely N-dealkylation sites (tertiary alicyclic amines) is 1. The highest BCUT2D eigenvalue weighted by molar-refractivity contribution is 7.13. The Kier molecular flexibility index (Phi) is 13.4. The third-order valence-corrected chi connectivity index (χ3v) is 12.5. The van der Waals surface area contributed by atoms with Crippen molar-refractivity contribution in [1.82, 2.24) is 35.6 Å². The van der Waals surface area contributed by atoms with E-state index in [-0.39, 0.29) is 43.6 Å². The number of phenols is 1. The van der Waals surface area contributed by atoms with Gasteiger partial charge in [-0.2, -0.15) is 0 Å². The van der Waals surface area contributed by atoms with Gasteiger partial charge in [-0.1, -0.05) is 69.3 Å². The second-order valence-corrected chi connectivity index (χ2v) is 18.1. The standard InChI is InChI=1S/C46H56N10O5S/c1-29-41(62-28-49-29)32-14-10-30(11-15-32)24-48-44(60)38-22-34(57)26-56(38)45(61)42(46(2,3)4)50-40(59)27-53(5)25-31-12-16-33(17-13-31)54-18-20-55(21-19-54)37-23-36(51-52-43(37)47)35-8-6-7-9-39(35)58/h6-17,23,28,34,38,42,57-58H,18-22,24-27H2,1-5H3,(H2,47,52)(H,48,60)(H,50,59)/t34-,38+,42-/m1/s1. The first-order chi connectivity index (χ1) is 29.6. The van der Waals surface area contributed by atoms with Crippen LogP contribution in [0.3, 0.4) is 0 Å². The first-order valence-corrected chi connectivity index (χ1v) is 21.8. The number of nitrogen functional groups attached to an aromatic ring is 1. The molecule has 326 valence electrons. The van der Waals surface area contributed by atoms with Gasteiger partial charge in [0.15, 0.2) is 5.82 Å². The molecule has 6 N–H and O–H groups in total. The number of hydrogen-bond donors (Lipinski definition) is 5. The number of para-hydroxylation sites is 1. The Morgan fingerprint density at radius 1 is 0.952 bits per heavy atom. The highest BCUT2D eigenvalue weighted by Gasteiger charge is 2.44. The third-order valence-electron chi connectivity index (χ3n) is 11.5. The van der Waals surface area contributed by atoms with Gasteiger partial charge < -0.3 is 41.3 Å². The zero-order chi connectivity index (χ0) is 44.1. The maximum absolute atomic E-state index is 14.1. The topological polar surface area (TPSA) is 193 Å². The van der Waals surface area contributed by atoms with E-state index in [1.807, 2.05) is 81.6 Å². The number of aromatic nitrogens is 3. The largest absolute Gasteiger partial charge is 0.507 e. The molecule has 7 rings (SSSR count). The molecule has 2 aromatic heterocycles. The number of aromatic hydroxyl groups is 1. The van der Waals surface area contributed by atoms with Gasteiger partial charge in [0.1, 0.15) is 17.8 Å². The Morgan fingerprint density at radius 2 is 1.63 bits per heavy atom. The van der Waals surface area contributed by atoms with Gasteiger partial charge in [0.2, 0.25) is 17.7 Å². The van der Waals surface area contributed by atoms with Gasteiger partial charge in [-0.3, -0.25) is 19.3 Å². The molecule has 2 fully saturated rings. The molecule has 0 radical (unpaired) electrons. The number of nitrogens with two attached hydrogens (primary N) is 1. The van der Waals surface area contributed by atoms with Crippen LogP contribution < -0.4 is 26.2 Å². The molecule has 2 saturated heterocycles. The van der Waals surface area contributed by atoms with Crippen molar-refractivity contribution in [2.45, 2.75) is 65.4 Å². The predicted molar refractivity (Wildman–Crippen MR) is 242 cm³/mol. The van der Waals surface area contributed by atoms with Crippen molar-refractivity contribution in [3.63, 3.8) is 0 Å². The number of carbonyl (C=O) groups excluding carboxylic acids is 3. The summed E-state index contributed by atoms with van der Waals surface area (Å²) in [6.07, 6.45) is -0.741. The number of nitrogens with one attached hydrogen (secondary N) is 2. The lowest BCUT2D eigenvalue weighted by Gasteiger charge is -2.37. The Labute approximate surface area is 366 Å². The fraction of sp³-hybridized carbons (Fsp3) is 0.391. The van der Waals surface area contributed by atoms with Crippen molar-refractivity contribution in [3.8, 4) is 27.4 Å². The van der Waals surface area contributed by atoms with Crippen LogP contribution in [0.1, 0.15) is 44.0 Å². The minimum Gasteiger partial charge on any atom is -0.507 e. The van der Waals surface area contributed by atoms with E-state index in [0.29, 0.717) is 23.6 Å². The minimum absolute atomic E-state index is 0.00637. The number of benzene rings is 3. The van der Waals surface area contributed by atoms with E-state index >= 15 is 0 Å². The lowest BCUT2D eigenvalue weighted by molar-refractivity contribution is -0.144. The van der Waals surface area contributed by atoms with Gasteiger partial charge in [0.05, 0.1) is 40.1 Å². The quantitative estimate of drug-likeness (QED) is 0.112. The number of aliphatic hydroxyl groups is 1. The average Bonchev–Trinajstić information content (AvgIpc) is 3.87. The SMILES string of the molecule is Cc1ncsc1-c1ccc(CNC(=O)[C@@H]2C[C@@H](O)CN2C(=O)[C@@H](NC(=O)CN(C)Cc2ccc(N3CCN(c4cc(-c5ccccc5O)nnc4N)CC3)cc2)C(C)(C)C)cc1. The van der Waals surface area contributed by atoms with Crippen molar-refractivity contribution in [2.75, 3.05) is 61.8 Å². The number of rotatable bonds is 13. The number of phenolic OH excluding ortho intramolecular Hbond substituents is 1. The van der Waals surface area contributed by atoms with Crippen molar-refractivity contribution >= 4 is 46.3 Å². The van der Waals surface area contributed by atoms with Gasteiger partial charge in [0, 0.05) is 63.5 Å². The number of thiazole rings is 1. The summed E-state index contributed by atoms with van der Waals surface area (Å²) < 4.78 is 0. The normalized spacial score (nSPS) is 17.3. The van der Waals surface area contributed by atoms with Crippen molar-refractivity contribution in [1.29, 1.82) is 0 Å². The smallest absolute Gasteiger partial charge is 0.246 e. The Bertz CT molecular complexity index is 2360. The summed E-state index contributed by atoms with van der Waals surface area (Å²) in [4.78, 5) is 54.4. The molecular formula is C46H56N10O5S. The Balaban J connectivity index is 0.898. The lowest BCUT2D eigenvalue weighted by Crippen LogP contribution is -2.58. The Hall–Kier alpha value is -6.10. The number of nitrogens with zero attached hydrogens (tertiary/aromatic N) is 7. The summed E-state index contributed by atoms with van der Waals surface area (Å²) in [5.74, 6) is -0.583. The molecule has 3 aromatic carbocycles. The fourth-order valence-electron chi connectivity index (χ4n) is 8.08. The molecular weight excluding hydrogens is 805 g/mol. The van der Waals surface area contributed by atoms with Crippen LogP contribution in [0.25, 0.3) is 21.7 Å². The number of aryl methyl sites for hydroxylation is 1. The fourth-order valence-corrected chi connectivity index (χ4v) is 8.90. The number of amides is 3. The van der Waals surface area contributed by atoms with Crippen LogP contribution in [0.2, 0.25) is 0 Å². The lowest BCUT2D eigenvalue weighted by atomic mass is 9.85. The molecule has 0 unspecified atom stereocenters. The zero-order valence-corrected chi connectivity index (χ0v) is 36.7. The second kappa shape index (κ2) is 18.9. The van der Waals surface area contributed by atoms with Crippen LogP contribution in [-0.4, -0.2) is 117 Å². The van der Waals surface area contributed by atoms with Gasteiger partial charge in [-0.25, -0.2) is 4.98 Å². The van der Waals surface area contributed by atoms with Crippen LogP contribution in [0.4, 0.5) is 17.2 Å². The molecule has 0 aliphatic carbocycles. The minimum atomic E-state index is -0.919. The monoisotopic (exact) mass is 860 g/mol. The summed E-state index contributed by atoms with van der Waals surface area (Å²) in [5, 5.41) is 35.3. The molecule has 3 atom stereocenters. The van der Waals surface area contributed by atoms with Crippen LogP contribution in [0, 0.1) is 12.3 Å². The first-order valence-electron chi connectivity index (χ1n) is 20.9. The van der Waals surface area contributed by atoms with Crippen LogP contribution in [0.5, 0.6) is 5.75 Å². The average molecular weight is 861 g/mol. The van der Waals surface area contributed by atoms with E-state index in [1.165, 1.54) is 4.90 Å². The highest BCUT2D eigenvalue weighted by atomic mass is 32.1. The van der Waals surface area contributed by atoms with Crippen LogP contribution in [-0.2, 0) is 27.5 Å². The molecule has 4 heterocycles. The molecule has 15 nitrogen and oxygen atoms in total. The summed E-state index contributed by atoms with van der Waals surface area (Å²) in [5.41, 5.74) is 14.4. The Morgan fingerprint density at radius 3 is 2.29 bits per heavy atom. The number of anilines is 3. The van der Waals surface area contributed by atoms with Gasteiger partial charge in [0.25, 0.3) is 0 Å². The predicted octanol–water partition coefficient (Wildman–Crippen LogP) is 4.43. The molecule has 62 heavy (non-hydrogen) atoms. The van der Waals surface area contributed by atoms with Gasteiger partial charge >= 0.3 is 0 Å².